The molecule has 134 valence electrons. The summed E-state index contributed by atoms with van der Waals surface area (Å²) in [5, 5.41) is 3.33. The molecule has 0 bridgehead atoms. The molecule has 0 unspecified atom stereocenters. The largest absolute Gasteiger partial charge is 0.328 e. The molecule has 0 aliphatic rings. The van der Waals surface area contributed by atoms with Crippen molar-refractivity contribution in [3.8, 4) is 0 Å². The maximum absolute atomic E-state index is 12.7. The molecule has 2 heterocycles. The van der Waals surface area contributed by atoms with Crippen molar-refractivity contribution < 1.29 is 9.59 Å². The highest BCUT2D eigenvalue weighted by atomic mass is 32.1. The number of nitrogens with one attached hydrogen (secondary N) is 1. The van der Waals surface area contributed by atoms with E-state index in [0.717, 1.165) is 10.6 Å². The molecule has 2 aromatic rings. The number of aryl methyl sites for hydroxylation is 2. The second-order valence-corrected chi connectivity index (χ2v) is 7.18. The Morgan fingerprint density at radius 1 is 1.24 bits per heavy atom. The summed E-state index contributed by atoms with van der Waals surface area (Å²) < 4.78 is 0. The van der Waals surface area contributed by atoms with Gasteiger partial charge in [0.05, 0.1) is 11.3 Å². The molecule has 2 aromatic heterocycles. The predicted molar refractivity (Wildman–Crippen MR) is 98.9 cm³/mol. The molecular formula is C17H23N5O2S. The highest BCUT2D eigenvalue weighted by Gasteiger charge is 2.20. The van der Waals surface area contributed by atoms with Crippen molar-refractivity contribution in [1.29, 1.82) is 0 Å². The minimum atomic E-state index is -0.259. The minimum Gasteiger partial charge on any atom is -0.328 e. The van der Waals surface area contributed by atoms with E-state index in [9.17, 15) is 9.59 Å². The van der Waals surface area contributed by atoms with Crippen LogP contribution < -0.4 is 5.32 Å². The van der Waals surface area contributed by atoms with E-state index in [1.165, 1.54) is 22.4 Å². The molecule has 0 aromatic carbocycles. The molecule has 7 nitrogen and oxygen atoms in total. The first-order valence-electron chi connectivity index (χ1n) is 7.94. The molecule has 0 radical (unpaired) electrons. The minimum absolute atomic E-state index is 0.0285. The number of rotatable bonds is 7. The summed E-state index contributed by atoms with van der Waals surface area (Å²) in [6, 6.07) is 3.40. The maximum atomic E-state index is 12.7. The van der Waals surface area contributed by atoms with Crippen LogP contribution in [0.5, 0.6) is 0 Å². The van der Waals surface area contributed by atoms with E-state index in [1.54, 1.807) is 18.3 Å². The van der Waals surface area contributed by atoms with Crippen LogP contribution in [0.2, 0.25) is 0 Å². The van der Waals surface area contributed by atoms with Crippen molar-refractivity contribution in [3.63, 3.8) is 0 Å². The average molecular weight is 361 g/mol. The van der Waals surface area contributed by atoms with Crippen LogP contribution >= 0.6 is 11.3 Å². The monoisotopic (exact) mass is 361 g/mol. The number of aromatic nitrogens is 2. The first-order chi connectivity index (χ1) is 11.9. The molecule has 25 heavy (non-hydrogen) atoms. The molecule has 0 aliphatic carbocycles. The molecule has 2 amide bonds. The van der Waals surface area contributed by atoms with E-state index in [1.807, 2.05) is 32.8 Å². The lowest BCUT2D eigenvalue weighted by atomic mass is 10.2. The van der Waals surface area contributed by atoms with Gasteiger partial charge in [-0.15, -0.1) is 11.3 Å². The van der Waals surface area contributed by atoms with Crippen LogP contribution in [0, 0.1) is 13.8 Å². The van der Waals surface area contributed by atoms with Crippen LogP contribution in [0.4, 0.5) is 5.13 Å². The summed E-state index contributed by atoms with van der Waals surface area (Å²) in [4.78, 5) is 37.9. The zero-order chi connectivity index (χ0) is 18.4. The lowest BCUT2D eigenvalue weighted by molar-refractivity contribution is -0.116. The number of nitrogens with zero attached hydrogens (tertiary/aromatic N) is 4. The van der Waals surface area contributed by atoms with E-state index in [0.29, 0.717) is 23.8 Å². The van der Waals surface area contributed by atoms with E-state index >= 15 is 0 Å². The molecule has 0 spiro atoms. The molecule has 1 N–H and O–H groups in total. The van der Waals surface area contributed by atoms with Crippen molar-refractivity contribution in [2.75, 3.05) is 39.0 Å². The van der Waals surface area contributed by atoms with Gasteiger partial charge in [0.25, 0.3) is 5.91 Å². The van der Waals surface area contributed by atoms with Crippen LogP contribution in [0.15, 0.2) is 24.5 Å². The van der Waals surface area contributed by atoms with E-state index < -0.39 is 0 Å². The zero-order valence-electron chi connectivity index (χ0n) is 14.9. The summed E-state index contributed by atoms with van der Waals surface area (Å²) in [5.74, 6) is -0.471. The fourth-order valence-electron chi connectivity index (χ4n) is 2.10. The highest BCUT2D eigenvalue weighted by Crippen LogP contribution is 2.21. The van der Waals surface area contributed by atoms with Gasteiger partial charge in [0, 0.05) is 30.4 Å². The molecule has 0 saturated carbocycles. The van der Waals surface area contributed by atoms with Crippen LogP contribution in [0.3, 0.4) is 0 Å². The number of carbonyl (C=O) groups excluding carboxylic acids is 2. The topological polar surface area (TPSA) is 78.4 Å². The van der Waals surface area contributed by atoms with Gasteiger partial charge in [0.1, 0.15) is 6.54 Å². The van der Waals surface area contributed by atoms with E-state index in [-0.39, 0.29) is 18.4 Å². The average Bonchev–Trinajstić information content (AvgIpc) is 2.89. The number of pyridine rings is 1. The zero-order valence-corrected chi connectivity index (χ0v) is 15.8. The molecule has 0 aliphatic heterocycles. The Morgan fingerprint density at radius 3 is 2.56 bits per heavy atom. The smallest absolute Gasteiger partial charge is 0.255 e. The molecule has 0 atom stereocenters. The SMILES string of the molecule is Cc1nc(NC(=O)CN(CCN(C)C)C(=O)c2cccnc2)sc1C. The first-order valence-corrected chi connectivity index (χ1v) is 8.76. The quantitative estimate of drug-likeness (QED) is 0.813. The van der Waals surface area contributed by atoms with Crippen molar-refractivity contribution >= 4 is 28.3 Å². The number of likely N-dealkylation sites (N-methyl/N-ethyl adjacent to an activating group) is 1. The number of carbonyl (C=O) groups is 2. The third-order valence-electron chi connectivity index (χ3n) is 3.62. The van der Waals surface area contributed by atoms with Gasteiger partial charge in [-0.05, 0) is 40.1 Å². The number of hydrogen-bond acceptors (Lipinski definition) is 6. The van der Waals surface area contributed by atoms with Crippen molar-refractivity contribution in [3.05, 3.63) is 40.7 Å². The molecule has 0 saturated heterocycles. The normalized spacial score (nSPS) is 10.8. The predicted octanol–water partition coefficient (Wildman–Crippen LogP) is 1.80. The number of thiazole rings is 1. The Bertz CT molecular complexity index is 710. The second-order valence-electron chi connectivity index (χ2n) is 5.98. The highest BCUT2D eigenvalue weighted by molar-refractivity contribution is 7.15. The van der Waals surface area contributed by atoms with Gasteiger partial charge in [0.15, 0.2) is 5.13 Å². The Morgan fingerprint density at radius 2 is 2.00 bits per heavy atom. The molecular weight excluding hydrogens is 338 g/mol. The van der Waals surface area contributed by atoms with Gasteiger partial charge >= 0.3 is 0 Å². The van der Waals surface area contributed by atoms with Gasteiger partial charge in [-0.1, -0.05) is 0 Å². The standard InChI is InChI=1S/C17H23N5O2S/c1-12-13(2)25-17(19-12)20-15(23)11-22(9-8-21(3)4)16(24)14-6-5-7-18-10-14/h5-7,10H,8-9,11H2,1-4H3,(H,19,20,23). The van der Waals surface area contributed by atoms with Gasteiger partial charge in [0.2, 0.25) is 5.91 Å². The third-order valence-corrected chi connectivity index (χ3v) is 4.61. The summed E-state index contributed by atoms with van der Waals surface area (Å²) in [6.45, 7) is 4.94. The van der Waals surface area contributed by atoms with Gasteiger partial charge in [-0.25, -0.2) is 4.98 Å². The van der Waals surface area contributed by atoms with Gasteiger partial charge in [-0.2, -0.15) is 0 Å². The lowest BCUT2D eigenvalue weighted by Gasteiger charge is -2.23. The van der Waals surface area contributed by atoms with Crippen LogP contribution in [0.1, 0.15) is 20.9 Å². The van der Waals surface area contributed by atoms with E-state index in [2.05, 4.69) is 15.3 Å². The number of hydrogen-bond donors (Lipinski definition) is 1. The van der Waals surface area contributed by atoms with Crippen molar-refractivity contribution in [2.24, 2.45) is 0 Å². The number of anilines is 1. The maximum Gasteiger partial charge on any atom is 0.255 e. The molecule has 2 rings (SSSR count). The Kier molecular flexibility index (Phi) is 6.60. The summed E-state index contributed by atoms with van der Waals surface area (Å²) in [7, 11) is 3.85. The number of amides is 2. The Labute approximate surface area is 151 Å². The fraction of sp³-hybridized carbons (Fsp3) is 0.412. The summed E-state index contributed by atoms with van der Waals surface area (Å²) >= 11 is 1.43. The molecule has 0 fully saturated rings. The Hall–Kier alpha value is -2.32. The first kappa shape index (κ1) is 19.0. The van der Waals surface area contributed by atoms with Crippen LogP contribution in [0.25, 0.3) is 0 Å². The summed E-state index contributed by atoms with van der Waals surface area (Å²) in [5.41, 5.74) is 1.37. The molecule has 8 heteroatoms. The second kappa shape index (κ2) is 8.68. The van der Waals surface area contributed by atoms with Crippen molar-refractivity contribution in [2.45, 2.75) is 13.8 Å². The van der Waals surface area contributed by atoms with Crippen LogP contribution in [-0.4, -0.2) is 65.3 Å². The van der Waals surface area contributed by atoms with Gasteiger partial charge < -0.3 is 15.1 Å². The Balaban J connectivity index is 2.06. The lowest BCUT2D eigenvalue weighted by Crippen LogP contribution is -2.41. The van der Waals surface area contributed by atoms with Crippen molar-refractivity contribution in [1.82, 2.24) is 19.8 Å². The third kappa shape index (κ3) is 5.61. The van der Waals surface area contributed by atoms with Gasteiger partial charge in [-0.3, -0.25) is 14.6 Å². The van der Waals surface area contributed by atoms with Crippen LogP contribution in [-0.2, 0) is 4.79 Å². The fourth-order valence-corrected chi connectivity index (χ4v) is 2.93. The van der Waals surface area contributed by atoms with E-state index in [4.69, 9.17) is 0 Å². The summed E-state index contributed by atoms with van der Waals surface area (Å²) in [6.07, 6.45) is 3.12.